The Bertz CT molecular complexity index is 1420. The lowest BCUT2D eigenvalue weighted by molar-refractivity contribution is -0.124. The molecular weight excluding hydrogens is 436 g/mol. The molecule has 0 radical (unpaired) electrons. The number of ether oxygens (including phenoxy) is 1. The van der Waals surface area contributed by atoms with Crippen LogP contribution < -0.4 is 10.9 Å². The van der Waals surface area contributed by atoms with Crippen molar-refractivity contribution in [1.82, 2.24) is 19.8 Å². The van der Waals surface area contributed by atoms with Gasteiger partial charge in [-0.1, -0.05) is 0 Å². The first-order chi connectivity index (χ1) is 16.5. The fraction of sp³-hybridized carbons (Fsp3) is 0.360. The summed E-state index contributed by atoms with van der Waals surface area (Å²) < 4.78 is 13.1. The first-order valence-electron chi connectivity index (χ1n) is 11.4. The van der Waals surface area contributed by atoms with Gasteiger partial charge in [-0.2, -0.15) is 0 Å². The number of nitrogens with one attached hydrogen (secondary N) is 1. The minimum absolute atomic E-state index is 0.0351. The van der Waals surface area contributed by atoms with Crippen LogP contribution in [0.15, 0.2) is 45.9 Å². The van der Waals surface area contributed by atoms with Gasteiger partial charge in [0.1, 0.15) is 12.0 Å². The fourth-order valence-corrected chi connectivity index (χ4v) is 5.42. The second-order valence-corrected chi connectivity index (χ2v) is 9.19. The topological polar surface area (TPSA) is 107 Å². The molecule has 3 aromatic rings. The van der Waals surface area contributed by atoms with Crippen LogP contribution in [0, 0.1) is 5.92 Å². The zero-order chi connectivity index (χ0) is 23.4. The molecule has 0 aliphatic carbocycles. The van der Waals surface area contributed by atoms with E-state index in [-0.39, 0.29) is 35.8 Å². The van der Waals surface area contributed by atoms with Crippen molar-refractivity contribution >= 4 is 28.5 Å². The van der Waals surface area contributed by atoms with Crippen molar-refractivity contribution in [2.75, 3.05) is 20.2 Å². The van der Waals surface area contributed by atoms with E-state index in [1.165, 1.54) is 6.08 Å². The summed E-state index contributed by atoms with van der Waals surface area (Å²) in [5, 5.41) is 3.62. The SMILES string of the molecule is CN1Cc2cc(C3=CC(=O)CO3)c(-c3coc4ncccc34)c(=O)n2CC1C1CCNC(=O)C1. The van der Waals surface area contributed by atoms with E-state index in [1.807, 2.05) is 23.7 Å². The Morgan fingerprint density at radius 3 is 2.88 bits per heavy atom. The first-order valence-corrected chi connectivity index (χ1v) is 11.4. The third-order valence-corrected chi connectivity index (χ3v) is 7.11. The van der Waals surface area contributed by atoms with Gasteiger partial charge in [0.05, 0.1) is 5.56 Å². The van der Waals surface area contributed by atoms with Gasteiger partial charge in [-0.3, -0.25) is 19.3 Å². The van der Waals surface area contributed by atoms with Crippen molar-refractivity contribution in [3.05, 3.63) is 58.3 Å². The van der Waals surface area contributed by atoms with Crippen LogP contribution in [-0.4, -0.2) is 52.4 Å². The van der Waals surface area contributed by atoms with Gasteiger partial charge in [-0.05, 0) is 37.6 Å². The molecule has 9 nitrogen and oxygen atoms in total. The van der Waals surface area contributed by atoms with E-state index in [1.54, 1.807) is 18.5 Å². The summed E-state index contributed by atoms with van der Waals surface area (Å²) in [6, 6.07) is 5.67. The van der Waals surface area contributed by atoms with Crippen molar-refractivity contribution < 1.29 is 18.7 Å². The molecular formula is C25H24N4O5. The molecule has 1 saturated heterocycles. The highest BCUT2D eigenvalue weighted by molar-refractivity contribution is 6.03. The first kappa shape index (κ1) is 20.9. The lowest BCUT2D eigenvalue weighted by atomic mass is 9.87. The Morgan fingerprint density at radius 2 is 2.09 bits per heavy atom. The van der Waals surface area contributed by atoms with Crippen molar-refractivity contribution in [2.24, 2.45) is 5.92 Å². The van der Waals surface area contributed by atoms with Crippen LogP contribution >= 0.6 is 0 Å². The molecule has 2 atom stereocenters. The van der Waals surface area contributed by atoms with Gasteiger partial charge >= 0.3 is 0 Å². The van der Waals surface area contributed by atoms with Gasteiger partial charge < -0.3 is 19.0 Å². The molecule has 0 saturated carbocycles. The molecule has 3 aliphatic rings. The maximum Gasteiger partial charge on any atom is 0.259 e. The summed E-state index contributed by atoms with van der Waals surface area (Å²) in [5.41, 5.74) is 2.75. The van der Waals surface area contributed by atoms with E-state index in [9.17, 15) is 14.4 Å². The summed E-state index contributed by atoms with van der Waals surface area (Å²) in [7, 11) is 2.03. The van der Waals surface area contributed by atoms with Crippen molar-refractivity contribution in [1.29, 1.82) is 0 Å². The standard InChI is InChI=1S/C25H24N4O5/c1-28-10-15-8-18(21-9-16(30)12-33-21)23(19-13-34-24-17(19)3-2-5-27-24)25(32)29(15)11-20(28)14-4-6-26-22(31)7-14/h2-3,5,8-9,13-14,20H,4,6-7,10-12H2,1H3,(H,26,31). The minimum Gasteiger partial charge on any atom is -0.485 e. The highest BCUT2D eigenvalue weighted by atomic mass is 16.5. The molecule has 34 heavy (non-hydrogen) atoms. The van der Waals surface area contributed by atoms with Gasteiger partial charge in [-0.15, -0.1) is 0 Å². The zero-order valence-corrected chi connectivity index (χ0v) is 18.7. The van der Waals surface area contributed by atoms with Crippen LogP contribution in [0.5, 0.6) is 0 Å². The smallest absolute Gasteiger partial charge is 0.259 e. The Hall–Kier alpha value is -3.72. The molecule has 6 rings (SSSR count). The number of likely N-dealkylation sites (N-methyl/N-ethyl adjacent to an activating group) is 1. The predicted octanol–water partition coefficient (Wildman–Crippen LogP) is 1.94. The van der Waals surface area contributed by atoms with Crippen molar-refractivity contribution in [3.8, 4) is 11.1 Å². The van der Waals surface area contributed by atoms with E-state index < -0.39 is 0 Å². The zero-order valence-electron chi connectivity index (χ0n) is 18.7. The molecule has 6 heterocycles. The number of hydrogen-bond acceptors (Lipinski definition) is 7. The number of rotatable bonds is 3. The van der Waals surface area contributed by atoms with Gasteiger partial charge in [0.25, 0.3) is 5.56 Å². The largest absolute Gasteiger partial charge is 0.485 e. The molecule has 174 valence electrons. The molecule has 0 spiro atoms. The molecule has 1 N–H and O–H groups in total. The number of carbonyl (C=O) groups is 2. The molecule has 3 aliphatic heterocycles. The second-order valence-electron chi connectivity index (χ2n) is 9.19. The number of aromatic nitrogens is 2. The predicted molar refractivity (Wildman–Crippen MR) is 124 cm³/mol. The molecule has 1 fully saturated rings. The summed E-state index contributed by atoms with van der Waals surface area (Å²) in [4.78, 5) is 44.5. The van der Waals surface area contributed by atoms with E-state index >= 15 is 0 Å². The number of furan rings is 1. The monoisotopic (exact) mass is 460 g/mol. The van der Waals surface area contributed by atoms with E-state index in [4.69, 9.17) is 9.15 Å². The van der Waals surface area contributed by atoms with Crippen LogP contribution in [-0.2, 0) is 27.4 Å². The molecule has 0 aromatic carbocycles. The van der Waals surface area contributed by atoms with Crippen LogP contribution in [0.1, 0.15) is 24.1 Å². The average molecular weight is 460 g/mol. The van der Waals surface area contributed by atoms with Gasteiger partial charge in [0, 0.05) is 66.6 Å². The minimum atomic E-state index is -0.165. The Morgan fingerprint density at radius 1 is 1.21 bits per heavy atom. The number of piperidine rings is 1. The van der Waals surface area contributed by atoms with E-state index in [0.29, 0.717) is 54.2 Å². The van der Waals surface area contributed by atoms with E-state index in [0.717, 1.165) is 17.5 Å². The number of hydrogen-bond donors (Lipinski definition) is 1. The summed E-state index contributed by atoms with van der Waals surface area (Å²) >= 11 is 0. The van der Waals surface area contributed by atoms with Crippen LogP contribution in [0.3, 0.4) is 0 Å². The number of nitrogens with zero attached hydrogens (tertiary/aromatic N) is 3. The molecule has 3 aromatic heterocycles. The van der Waals surface area contributed by atoms with Crippen LogP contribution in [0.2, 0.25) is 0 Å². The van der Waals surface area contributed by atoms with Gasteiger partial charge in [-0.25, -0.2) is 4.98 Å². The summed E-state index contributed by atoms with van der Waals surface area (Å²) in [6.45, 7) is 1.67. The highest BCUT2D eigenvalue weighted by Gasteiger charge is 2.35. The number of amides is 1. The third-order valence-electron chi connectivity index (χ3n) is 7.11. The fourth-order valence-electron chi connectivity index (χ4n) is 5.42. The average Bonchev–Trinajstić information content (AvgIpc) is 3.45. The number of carbonyl (C=O) groups excluding carboxylic acids is 2. The van der Waals surface area contributed by atoms with Gasteiger partial charge in [0.15, 0.2) is 12.4 Å². The van der Waals surface area contributed by atoms with Crippen molar-refractivity contribution in [3.63, 3.8) is 0 Å². The molecule has 9 heteroatoms. The van der Waals surface area contributed by atoms with E-state index in [2.05, 4.69) is 15.2 Å². The molecule has 0 bridgehead atoms. The Balaban J connectivity index is 1.52. The number of ketones is 1. The van der Waals surface area contributed by atoms with Crippen molar-refractivity contribution in [2.45, 2.75) is 32.0 Å². The Labute approximate surface area is 195 Å². The molecule has 2 unspecified atom stereocenters. The highest BCUT2D eigenvalue weighted by Crippen LogP contribution is 2.36. The summed E-state index contributed by atoms with van der Waals surface area (Å²) in [5.74, 6) is 0.503. The number of fused-ring (bicyclic) bond motifs is 2. The maximum atomic E-state index is 14.0. The quantitative estimate of drug-likeness (QED) is 0.637. The summed E-state index contributed by atoms with van der Waals surface area (Å²) in [6.07, 6.45) is 5.98. The third kappa shape index (κ3) is 3.35. The number of pyridine rings is 2. The maximum absolute atomic E-state index is 14.0. The van der Waals surface area contributed by atoms with Crippen LogP contribution in [0.25, 0.3) is 28.0 Å². The Kier molecular flexibility index (Phi) is 4.88. The van der Waals surface area contributed by atoms with Crippen LogP contribution in [0.4, 0.5) is 0 Å². The van der Waals surface area contributed by atoms with Gasteiger partial charge in [0.2, 0.25) is 11.6 Å². The lowest BCUT2D eigenvalue weighted by Gasteiger charge is -2.41. The second kappa shape index (κ2) is 7.95. The lowest BCUT2D eigenvalue weighted by Crippen LogP contribution is -2.51. The molecule has 1 amide bonds. The normalized spacial score (nSPS) is 22.9.